The number of rotatable bonds is 6. The minimum atomic E-state index is -1.02. The second-order valence-electron chi connectivity index (χ2n) is 7.84. The summed E-state index contributed by atoms with van der Waals surface area (Å²) in [6.45, 7) is 4.20. The van der Waals surface area contributed by atoms with Crippen molar-refractivity contribution in [3.63, 3.8) is 0 Å². The quantitative estimate of drug-likeness (QED) is 0.655. The third-order valence-corrected chi connectivity index (χ3v) is 5.95. The Kier molecular flexibility index (Phi) is 5.11. The standard InChI is InChI=1S/C22H25BN2O4/c1-14(15-6-3-8-17(12-15)22(24)10-5-11-22)25-19-13-16-7-4-9-18(21(26)27)20(16)29-23(19)28-2/h3-4,6-9,12,19,25H,1,5,10-11,13,24H2,2H3,(H,26,27). The summed E-state index contributed by atoms with van der Waals surface area (Å²) in [7, 11) is 0.918. The zero-order chi connectivity index (χ0) is 20.6. The zero-order valence-electron chi connectivity index (χ0n) is 16.5. The van der Waals surface area contributed by atoms with Crippen LogP contribution in [0.3, 0.4) is 0 Å². The van der Waals surface area contributed by atoms with E-state index in [4.69, 9.17) is 15.0 Å². The Morgan fingerprint density at radius 2 is 2.10 bits per heavy atom. The van der Waals surface area contributed by atoms with Gasteiger partial charge in [0.05, 0.1) is 11.5 Å². The molecule has 2 aliphatic rings. The van der Waals surface area contributed by atoms with Crippen molar-refractivity contribution in [3.05, 3.63) is 71.3 Å². The summed E-state index contributed by atoms with van der Waals surface area (Å²) in [5.41, 5.74) is 10.1. The molecule has 1 fully saturated rings. The summed E-state index contributed by atoms with van der Waals surface area (Å²) < 4.78 is 11.4. The number of hydrogen-bond donors (Lipinski definition) is 3. The molecule has 2 aromatic rings. The Labute approximate surface area is 170 Å². The second kappa shape index (κ2) is 7.57. The minimum absolute atomic E-state index is 0.142. The van der Waals surface area contributed by atoms with Gasteiger partial charge < -0.3 is 25.5 Å². The van der Waals surface area contributed by atoms with Gasteiger partial charge in [0, 0.05) is 18.3 Å². The highest BCUT2D eigenvalue weighted by Gasteiger charge is 2.39. The molecular formula is C22H25BN2O4. The average molecular weight is 392 g/mol. The van der Waals surface area contributed by atoms with E-state index in [0.29, 0.717) is 12.2 Å². The summed E-state index contributed by atoms with van der Waals surface area (Å²) in [4.78, 5) is 11.5. The van der Waals surface area contributed by atoms with Gasteiger partial charge in [0.15, 0.2) is 0 Å². The lowest BCUT2D eigenvalue weighted by atomic mass is 9.71. The number of nitrogens with two attached hydrogens (primary N) is 1. The summed E-state index contributed by atoms with van der Waals surface area (Å²) in [5.74, 6) is -0.855. The van der Waals surface area contributed by atoms with Gasteiger partial charge in [0.25, 0.3) is 0 Å². The van der Waals surface area contributed by atoms with Crippen molar-refractivity contribution < 1.29 is 19.2 Å². The van der Waals surface area contributed by atoms with Crippen LogP contribution in [-0.4, -0.2) is 31.2 Å². The molecule has 0 bridgehead atoms. The van der Waals surface area contributed by atoms with Crippen molar-refractivity contribution in [2.24, 2.45) is 5.73 Å². The molecule has 4 rings (SSSR count). The van der Waals surface area contributed by atoms with Crippen molar-refractivity contribution in [3.8, 4) is 5.75 Å². The fourth-order valence-corrected chi connectivity index (χ4v) is 4.09. The molecule has 0 aromatic heterocycles. The normalized spacial score (nSPS) is 19.5. The lowest BCUT2D eigenvalue weighted by Gasteiger charge is -2.39. The Morgan fingerprint density at radius 3 is 2.76 bits per heavy atom. The Balaban J connectivity index is 1.55. The monoisotopic (exact) mass is 392 g/mol. The lowest BCUT2D eigenvalue weighted by molar-refractivity contribution is 0.0694. The highest BCUT2D eigenvalue weighted by atomic mass is 16.6. The van der Waals surface area contributed by atoms with Crippen molar-refractivity contribution in [2.45, 2.75) is 37.2 Å². The fraction of sp³-hybridized carbons (Fsp3) is 0.318. The first-order valence-electron chi connectivity index (χ1n) is 9.81. The molecule has 1 aliphatic heterocycles. The van der Waals surface area contributed by atoms with Gasteiger partial charge in [-0.1, -0.05) is 36.9 Å². The van der Waals surface area contributed by atoms with Crippen LogP contribution in [0.5, 0.6) is 5.75 Å². The molecule has 0 spiro atoms. The molecule has 4 N–H and O–H groups in total. The van der Waals surface area contributed by atoms with Gasteiger partial charge in [0.1, 0.15) is 5.75 Å². The van der Waals surface area contributed by atoms with Crippen LogP contribution in [0, 0.1) is 0 Å². The van der Waals surface area contributed by atoms with Gasteiger partial charge in [-0.2, -0.15) is 0 Å². The average Bonchev–Trinajstić information content (AvgIpc) is 2.70. The van der Waals surface area contributed by atoms with Crippen LogP contribution < -0.4 is 15.7 Å². The maximum Gasteiger partial charge on any atom is 0.549 e. The smallest absolute Gasteiger partial charge is 0.534 e. The number of para-hydroxylation sites is 1. The van der Waals surface area contributed by atoms with Gasteiger partial charge >= 0.3 is 13.1 Å². The maximum atomic E-state index is 11.5. The number of carboxylic acid groups (broad SMARTS) is 1. The number of nitrogens with one attached hydrogen (secondary N) is 1. The summed E-state index contributed by atoms with van der Waals surface area (Å²) in [5, 5.41) is 12.8. The van der Waals surface area contributed by atoms with E-state index < -0.39 is 13.1 Å². The summed E-state index contributed by atoms with van der Waals surface area (Å²) in [6.07, 6.45) is 3.73. The topological polar surface area (TPSA) is 93.8 Å². The van der Waals surface area contributed by atoms with Gasteiger partial charge in [-0.3, -0.25) is 0 Å². The van der Waals surface area contributed by atoms with Crippen LogP contribution >= 0.6 is 0 Å². The summed E-state index contributed by atoms with van der Waals surface area (Å²) in [6, 6.07) is 13.3. The van der Waals surface area contributed by atoms with E-state index in [2.05, 4.69) is 24.0 Å². The van der Waals surface area contributed by atoms with E-state index in [9.17, 15) is 9.90 Å². The Morgan fingerprint density at radius 1 is 1.34 bits per heavy atom. The highest BCUT2D eigenvalue weighted by Crippen LogP contribution is 2.39. The number of fused-ring (bicyclic) bond motifs is 1. The third-order valence-electron chi connectivity index (χ3n) is 5.95. The fourth-order valence-electron chi connectivity index (χ4n) is 4.09. The molecule has 1 atom stereocenters. The van der Waals surface area contributed by atoms with Gasteiger partial charge in [0.2, 0.25) is 0 Å². The van der Waals surface area contributed by atoms with Crippen LogP contribution in [0.1, 0.15) is 46.3 Å². The molecule has 1 heterocycles. The highest BCUT2D eigenvalue weighted by molar-refractivity contribution is 6.48. The van der Waals surface area contributed by atoms with Gasteiger partial charge in [-0.15, -0.1) is 0 Å². The number of carboxylic acids is 1. The van der Waals surface area contributed by atoms with E-state index in [0.717, 1.165) is 41.6 Å². The molecule has 0 saturated heterocycles. The molecule has 1 aliphatic carbocycles. The molecule has 150 valence electrons. The van der Waals surface area contributed by atoms with Crippen molar-refractivity contribution in [1.82, 2.24) is 5.32 Å². The predicted molar refractivity (Wildman–Crippen MR) is 113 cm³/mol. The molecule has 29 heavy (non-hydrogen) atoms. The zero-order valence-corrected chi connectivity index (χ0v) is 16.5. The summed E-state index contributed by atoms with van der Waals surface area (Å²) >= 11 is 0. The molecule has 0 amide bonds. The molecule has 2 aromatic carbocycles. The van der Waals surface area contributed by atoms with Crippen LogP contribution in [0.4, 0.5) is 0 Å². The van der Waals surface area contributed by atoms with Crippen LogP contribution in [0.25, 0.3) is 5.70 Å². The number of benzene rings is 2. The molecule has 1 saturated carbocycles. The Bertz CT molecular complexity index is 958. The number of aromatic carboxylic acids is 1. The largest absolute Gasteiger partial charge is 0.549 e. The maximum absolute atomic E-state index is 11.5. The first kappa shape index (κ1) is 19.5. The number of carbonyl (C=O) groups is 1. The predicted octanol–water partition coefficient (Wildman–Crippen LogP) is 2.96. The molecule has 6 nitrogen and oxygen atoms in total. The molecule has 7 heteroatoms. The SMILES string of the molecule is C=C(NC1Cc2cccc(C(=O)O)c2OB1OC)c1cccc(C2(N)CCC2)c1. The first-order valence-corrected chi connectivity index (χ1v) is 9.81. The van der Waals surface area contributed by atoms with Crippen LogP contribution in [0.15, 0.2) is 49.0 Å². The number of hydrogen-bond acceptors (Lipinski definition) is 5. The van der Waals surface area contributed by atoms with Gasteiger partial charge in [-0.05, 0) is 54.5 Å². The van der Waals surface area contributed by atoms with Crippen LogP contribution in [-0.2, 0) is 16.6 Å². The molecule has 0 radical (unpaired) electrons. The first-order chi connectivity index (χ1) is 13.9. The molecular weight excluding hydrogens is 367 g/mol. The molecule has 1 unspecified atom stereocenters. The van der Waals surface area contributed by atoms with Crippen LogP contribution in [0.2, 0.25) is 0 Å². The third kappa shape index (κ3) is 3.63. The van der Waals surface area contributed by atoms with Gasteiger partial charge in [-0.25, -0.2) is 4.79 Å². The second-order valence-corrected chi connectivity index (χ2v) is 7.84. The Hall–Kier alpha value is -2.77. The van der Waals surface area contributed by atoms with E-state index in [1.54, 1.807) is 13.2 Å². The van der Waals surface area contributed by atoms with Crippen molar-refractivity contribution >= 4 is 18.8 Å². The van der Waals surface area contributed by atoms with E-state index in [-0.39, 0.29) is 17.0 Å². The van der Waals surface area contributed by atoms with E-state index in [1.165, 1.54) is 6.07 Å². The lowest BCUT2D eigenvalue weighted by Crippen LogP contribution is -2.51. The van der Waals surface area contributed by atoms with Crippen molar-refractivity contribution in [1.29, 1.82) is 0 Å². The van der Waals surface area contributed by atoms with E-state index >= 15 is 0 Å². The van der Waals surface area contributed by atoms with E-state index in [1.807, 2.05) is 18.2 Å². The minimum Gasteiger partial charge on any atom is -0.534 e. The van der Waals surface area contributed by atoms with Crippen molar-refractivity contribution in [2.75, 3.05) is 7.11 Å².